The van der Waals surface area contributed by atoms with Gasteiger partial charge in [0.05, 0.1) is 17.6 Å². The normalized spacial score (nSPS) is 12.1. The topological polar surface area (TPSA) is 75.7 Å². The summed E-state index contributed by atoms with van der Waals surface area (Å²) in [5.74, 6) is 0.674. The molecule has 3 aromatic rings. The molecule has 1 atom stereocenters. The van der Waals surface area contributed by atoms with Crippen molar-refractivity contribution in [3.63, 3.8) is 0 Å². The number of para-hydroxylation sites is 3. The van der Waals surface area contributed by atoms with Gasteiger partial charge in [-0.3, -0.25) is 9.10 Å². The van der Waals surface area contributed by atoms with Crippen LogP contribution in [0.4, 0.5) is 11.4 Å². The van der Waals surface area contributed by atoms with Gasteiger partial charge in [0.15, 0.2) is 5.75 Å². The number of ether oxygens (including phenoxy) is 1. The highest BCUT2D eigenvalue weighted by molar-refractivity contribution is 7.92. The molecule has 0 aliphatic heterocycles. The van der Waals surface area contributed by atoms with Crippen LogP contribution in [-0.4, -0.2) is 26.6 Å². The zero-order valence-electron chi connectivity index (χ0n) is 18.7. The van der Waals surface area contributed by atoms with E-state index in [1.165, 1.54) is 4.31 Å². The zero-order valence-corrected chi connectivity index (χ0v) is 19.5. The predicted octanol–water partition coefficient (Wildman–Crippen LogP) is 5.28. The van der Waals surface area contributed by atoms with Crippen LogP contribution in [0.5, 0.6) is 11.5 Å². The summed E-state index contributed by atoms with van der Waals surface area (Å²) in [6, 6.07) is 20.8. The highest BCUT2D eigenvalue weighted by Gasteiger charge is 2.32. The number of carbonyl (C=O) groups is 1. The van der Waals surface area contributed by atoms with Gasteiger partial charge in [0.1, 0.15) is 11.8 Å². The van der Waals surface area contributed by atoms with Crippen LogP contribution < -0.4 is 14.4 Å². The van der Waals surface area contributed by atoms with E-state index in [9.17, 15) is 13.2 Å². The van der Waals surface area contributed by atoms with E-state index >= 15 is 0 Å². The van der Waals surface area contributed by atoms with Crippen LogP contribution in [0.1, 0.15) is 24.5 Å². The summed E-state index contributed by atoms with van der Waals surface area (Å²) in [4.78, 5) is 13.3. The monoisotopic (exact) mass is 452 g/mol. The molecule has 1 unspecified atom stereocenters. The summed E-state index contributed by atoms with van der Waals surface area (Å²) in [6.07, 6.45) is 1.41. The standard InChI is InChI=1S/C25H28N2O4S/c1-5-23(27(32(4,29)30)20-16-15-18(2)19(3)17-20)25(28)26-22-13-9-10-14-24(22)31-21-11-7-6-8-12-21/h6-17,23H,5H2,1-4H3,(H,26,28). The van der Waals surface area contributed by atoms with E-state index in [4.69, 9.17) is 4.74 Å². The van der Waals surface area contributed by atoms with Crippen LogP contribution in [0, 0.1) is 13.8 Å². The molecule has 0 radical (unpaired) electrons. The SMILES string of the molecule is CCC(C(=O)Nc1ccccc1Oc1ccccc1)N(c1ccc(C)c(C)c1)S(C)(=O)=O. The quantitative estimate of drug-likeness (QED) is 0.505. The minimum atomic E-state index is -3.71. The summed E-state index contributed by atoms with van der Waals surface area (Å²) in [5, 5.41) is 2.86. The van der Waals surface area contributed by atoms with Gasteiger partial charge in [-0.1, -0.05) is 43.3 Å². The van der Waals surface area contributed by atoms with E-state index in [1.54, 1.807) is 37.3 Å². The van der Waals surface area contributed by atoms with Gasteiger partial charge >= 0.3 is 0 Å². The lowest BCUT2D eigenvalue weighted by molar-refractivity contribution is -0.117. The number of hydrogen-bond donors (Lipinski definition) is 1. The lowest BCUT2D eigenvalue weighted by Gasteiger charge is -2.30. The molecule has 0 saturated heterocycles. The van der Waals surface area contributed by atoms with Crippen molar-refractivity contribution in [2.45, 2.75) is 33.2 Å². The first-order chi connectivity index (χ1) is 15.2. The number of benzene rings is 3. The molecule has 3 aromatic carbocycles. The van der Waals surface area contributed by atoms with E-state index in [0.717, 1.165) is 17.4 Å². The molecule has 0 fully saturated rings. The second kappa shape index (κ2) is 9.87. The number of anilines is 2. The molecule has 0 bridgehead atoms. The maximum Gasteiger partial charge on any atom is 0.248 e. The average molecular weight is 453 g/mol. The summed E-state index contributed by atoms with van der Waals surface area (Å²) >= 11 is 0. The Balaban J connectivity index is 1.92. The van der Waals surface area contributed by atoms with Crippen molar-refractivity contribution < 1.29 is 17.9 Å². The van der Waals surface area contributed by atoms with Crippen LogP contribution in [0.25, 0.3) is 0 Å². The fourth-order valence-corrected chi connectivity index (χ4v) is 4.62. The molecular weight excluding hydrogens is 424 g/mol. The van der Waals surface area contributed by atoms with Crippen LogP contribution in [0.3, 0.4) is 0 Å². The van der Waals surface area contributed by atoms with Gasteiger partial charge < -0.3 is 10.1 Å². The Hall–Kier alpha value is -3.32. The Morgan fingerprint density at radius 1 is 0.969 bits per heavy atom. The molecule has 0 aromatic heterocycles. The smallest absolute Gasteiger partial charge is 0.248 e. The van der Waals surface area contributed by atoms with Gasteiger partial charge in [0, 0.05) is 0 Å². The van der Waals surface area contributed by atoms with Gasteiger partial charge in [0.2, 0.25) is 15.9 Å². The maximum atomic E-state index is 13.3. The van der Waals surface area contributed by atoms with E-state index in [0.29, 0.717) is 29.3 Å². The Morgan fingerprint density at radius 2 is 1.62 bits per heavy atom. The minimum Gasteiger partial charge on any atom is -0.455 e. The van der Waals surface area contributed by atoms with Gasteiger partial charge in [-0.15, -0.1) is 0 Å². The van der Waals surface area contributed by atoms with Crippen molar-refractivity contribution in [3.8, 4) is 11.5 Å². The number of rotatable bonds is 8. The van der Waals surface area contributed by atoms with Crippen molar-refractivity contribution in [2.75, 3.05) is 15.9 Å². The van der Waals surface area contributed by atoms with Crippen molar-refractivity contribution in [2.24, 2.45) is 0 Å². The fraction of sp³-hybridized carbons (Fsp3) is 0.240. The lowest BCUT2D eigenvalue weighted by Crippen LogP contribution is -2.47. The highest BCUT2D eigenvalue weighted by Crippen LogP contribution is 2.31. The van der Waals surface area contributed by atoms with Crippen LogP contribution in [-0.2, 0) is 14.8 Å². The summed E-state index contributed by atoms with van der Waals surface area (Å²) < 4.78 is 32.5. The number of aryl methyl sites for hydroxylation is 2. The highest BCUT2D eigenvalue weighted by atomic mass is 32.2. The number of carbonyl (C=O) groups excluding carboxylic acids is 1. The third-order valence-electron chi connectivity index (χ3n) is 5.19. The maximum absolute atomic E-state index is 13.3. The molecule has 3 rings (SSSR count). The molecule has 0 heterocycles. The van der Waals surface area contributed by atoms with E-state index in [2.05, 4.69) is 5.32 Å². The van der Waals surface area contributed by atoms with Crippen LogP contribution in [0.15, 0.2) is 72.8 Å². The molecule has 1 N–H and O–H groups in total. The summed E-state index contributed by atoms with van der Waals surface area (Å²) in [5.41, 5.74) is 2.93. The molecular formula is C25H28N2O4S. The Bertz CT molecular complexity index is 1190. The number of nitrogens with one attached hydrogen (secondary N) is 1. The number of hydrogen-bond acceptors (Lipinski definition) is 4. The minimum absolute atomic E-state index is 0.299. The third kappa shape index (κ3) is 5.48. The molecule has 32 heavy (non-hydrogen) atoms. The van der Waals surface area contributed by atoms with Crippen molar-refractivity contribution in [3.05, 3.63) is 83.9 Å². The summed E-state index contributed by atoms with van der Waals surface area (Å²) in [6.45, 7) is 5.66. The second-order valence-corrected chi connectivity index (χ2v) is 9.51. The van der Waals surface area contributed by atoms with Gasteiger partial charge in [-0.25, -0.2) is 8.42 Å². The van der Waals surface area contributed by atoms with Crippen molar-refractivity contribution in [1.82, 2.24) is 0 Å². The Morgan fingerprint density at radius 3 is 2.25 bits per heavy atom. The van der Waals surface area contributed by atoms with E-state index in [-0.39, 0.29) is 0 Å². The Kier molecular flexibility index (Phi) is 7.20. The molecule has 1 amide bonds. The van der Waals surface area contributed by atoms with E-state index < -0.39 is 22.0 Å². The first-order valence-electron chi connectivity index (χ1n) is 10.4. The van der Waals surface area contributed by atoms with Crippen molar-refractivity contribution in [1.29, 1.82) is 0 Å². The number of sulfonamides is 1. The lowest BCUT2D eigenvalue weighted by atomic mass is 10.1. The van der Waals surface area contributed by atoms with E-state index in [1.807, 2.05) is 56.3 Å². The first-order valence-corrected chi connectivity index (χ1v) is 12.2. The van der Waals surface area contributed by atoms with Crippen LogP contribution in [0.2, 0.25) is 0 Å². The molecule has 7 heteroatoms. The fourth-order valence-electron chi connectivity index (χ4n) is 3.41. The molecule has 0 aliphatic rings. The van der Waals surface area contributed by atoms with Crippen molar-refractivity contribution >= 4 is 27.3 Å². The van der Waals surface area contributed by atoms with Gasteiger partial charge in [0.25, 0.3) is 0 Å². The van der Waals surface area contributed by atoms with Gasteiger partial charge in [-0.2, -0.15) is 0 Å². The average Bonchev–Trinajstić information content (AvgIpc) is 2.75. The predicted molar refractivity (Wildman–Crippen MR) is 129 cm³/mol. The summed E-state index contributed by atoms with van der Waals surface area (Å²) in [7, 11) is -3.71. The van der Waals surface area contributed by atoms with Gasteiger partial charge in [-0.05, 0) is 67.8 Å². The zero-order chi connectivity index (χ0) is 23.3. The molecule has 0 saturated carbocycles. The largest absolute Gasteiger partial charge is 0.455 e. The number of amides is 1. The molecule has 6 nitrogen and oxygen atoms in total. The third-order valence-corrected chi connectivity index (χ3v) is 6.37. The molecule has 0 spiro atoms. The number of nitrogens with zero attached hydrogens (tertiary/aromatic N) is 1. The first kappa shape index (κ1) is 23.3. The molecule has 168 valence electrons. The Labute approximate surface area is 189 Å². The molecule has 0 aliphatic carbocycles. The second-order valence-electron chi connectivity index (χ2n) is 7.65. The van der Waals surface area contributed by atoms with Crippen LogP contribution >= 0.6 is 0 Å².